The number of hydrogen-bond acceptors (Lipinski definition) is 5. The number of carboxylic acid groups (broad SMARTS) is 1. The van der Waals surface area contributed by atoms with Crippen molar-refractivity contribution in [3.8, 4) is 0 Å². The Morgan fingerprint density at radius 3 is 2.43 bits per heavy atom. The van der Waals surface area contributed by atoms with Crippen molar-refractivity contribution in [3.63, 3.8) is 0 Å². The molecule has 2 aromatic rings. The topological polar surface area (TPSA) is 114 Å². The Hall–Kier alpha value is -3.02. The molecule has 0 aliphatic heterocycles. The summed E-state index contributed by atoms with van der Waals surface area (Å²) >= 11 is 0. The van der Waals surface area contributed by atoms with Gasteiger partial charge in [0.2, 0.25) is 11.5 Å². The molecular formula is C15H13NO5. The Labute approximate surface area is 120 Å². The van der Waals surface area contributed by atoms with Crippen LogP contribution in [0.25, 0.3) is 0 Å². The number of benzene rings is 1. The number of nitrogen functional groups attached to an aromatic ring is 1. The lowest BCUT2D eigenvalue weighted by molar-refractivity contribution is -0.135. The van der Waals surface area contributed by atoms with Gasteiger partial charge in [0.05, 0.1) is 6.26 Å². The number of nitrogens with two attached hydrogens (primary N) is 1. The molecule has 108 valence electrons. The van der Waals surface area contributed by atoms with Crippen molar-refractivity contribution in [2.24, 2.45) is 0 Å². The molecule has 0 spiro atoms. The molecule has 0 aliphatic rings. The monoisotopic (exact) mass is 287 g/mol. The third-order valence-electron chi connectivity index (χ3n) is 2.83. The summed E-state index contributed by atoms with van der Waals surface area (Å²) in [4.78, 5) is 22.4. The predicted molar refractivity (Wildman–Crippen MR) is 75.0 cm³/mol. The van der Waals surface area contributed by atoms with Crippen LogP contribution in [0.2, 0.25) is 0 Å². The zero-order chi connectivity index (χ0) is 15.4. The van der Waals surface area contributed by atoms with Crippen molar-refractivity contribution < 1.29 is 24.2 Å². The van der Waals surface area contributed by atoms with Crippen molar-refractivity contribution >= 4 is 17.4 Å². The second-order valence-corrected chi connectivity index (χ2v) is 4.39. The average molecular weight is 287 g/mol. The fourth-order valence-electron chi connectivity index (χ4n) is 1.80. The summed E-state index contributed by atoms with van der Waals surface area (Å²) in [5, 5.41) is 17.6. The van der Waals surface area contributed by atoms with Gasteiger partial charge in [0, 0.05) is 23.7 Å². The quantitative estimate of drug-likeness (QED) is 0.336. The predicted octanol–water partition coefficient (Wildman–Crippen LogP) is 2.16. The number of aliphatic hydroxyl groups is 1. The minimum Gasteiger partial charge on any atom is -0.502 e. The number of ketones is 1. The average Bonchev–Trinajstić information content (AvgIpc) is 2.89. The van der Waals surface area contributed by atoms with Crippen LogP contribution in [-0.2, 0) is 11.2 Å². The number of allylic oxidation sites excluding steroid dienone is 1. The number of anilines is 1. The molecule has 6 nitrogen and oxygen atoms in total. The molecule has 0 fully saturated rings. The minimum absolute atomic E-state index is 0.000347. The van der Waals surface area contributed by atoms with Crippen molar-refractivity contribution in [1.82, 2.24) is 0 Å². The summed E-state index contributed by atoms with van der Waals surface area (Å²) in [5.41, 5.74) is 7.75. The maximum Gasteiger partial charge on any atom is 0.371 e. The smallest absolute Gasteiger partial charge is 0.371 e. The Bertz CT molecular complexity index is 697. The molecule has 21 heavy (non-hydrogen) atoms. The van der Waals surface area contributed by atoms with Gasteiger partial charge in [-0.15, -0.1) is 0 Å². The van der Waals surface area contributed by atoms with E-state index in [9.17, 15) is 9.59 Å². The Kier molecular flexibility index (Phi) is 4.08. The number of carbonyl (C=O) groups is 2. The van der Waals surface area contributed by atoms with Crippen LogP contribution >= 0.6 is 0 Å². The van der Waals surface area contributed by atoms with Gasteiger partial charge in [-0.05, 0) is 23.8 Å². The van der Waals surface area contributed by atoms with Gasteiger partial charge in [-0.2, -0.15) is 0 Å². The van der Waals surface area contributed by atoms with Gasteiger partial charge < -0.3 is 20.4 Å². The van der Waals surface area contributed by atoms with Crippen LogP contribution in [0.5, 0.6) is 0 Å². The number of aliphatic hydroxyl groups excluding tert-OH is 1. The molecular weight excluding hydrogens is 274 g/mol. The number of carbonyl (C=O) groups excluding carboxylic acids is 1. The molecule has 1 aromatic carbocycles. The molecule has 1 aromatic heterocycles. The van der Waals surface area contributed by atoms with Crippen LogP contribution in [0.15, 0.2) is 52.8 Å². The summed E-state index contributed by atoms with van der Waals surface area (Å²) in [7, 11) is 0. The highest BCUT2D eigenvalue weighted by Crippen LogP contribution is 2.18. The van der Waals surface area contributed by atoms with Gasteiger partial charge in [0.1, 0.15) is 0 Å². The molecule has 0 saturated heterocycles. The highest BCUT2D eigenvalue weighted by atomic mass is 16.4. The van der Waals surface area contributed by atoms with E-state index in [-0.39, 0.29) is 5.76 Å². The maximum absolute atomic E-state index is 11.9. The third kappa shape index (κ3) is 3.50. The van der Waals surface area contributed by atoms with E-state index in [1.54, 1.807) is 18.2 Å². The fraction of sp³-hybridized carbons (Fsp3) is 0.0667. The van der Waals surface area contributed by atoms with Gasteiger partial charge in [-0.25, -0.2) is 4.79 Å². The van der Waals surface area contributed by atoms with Gasteiger partial charge in [-0.1, -0.05) is 12.1 Å². The van der Waals surface area contributed by atoms with Crippen molar-refractivity contribution in [2.75, 3.05) is 5.73 Å². The van der Waals surface area contributed by atoms with Crippen LogP contribution in [0, 0.1) is 0 Å². The lowest BCUT2D eigenvalue weighted by Crippen LogP contribution is -2.05. The summed E-state index contributed by atoms with van der Waals surface area (Å²) in [6, 6.07) is 8.75. The molecule has 0 saturated carbocycles. The van der Waals surface area contributed by atoms with Gasteiger partial charge >= 0.3 is 5.97 Å². The van der Waals surface area contributed by atoms with E-state index in [0.29, 0.717) is 23.7 Å². The molecule has 6 heteroatoms. The first-order valence-corrected chi connectivity index (χ1v) is 6.06. The molecule has 0 aliphatic carbocycles. The van der Waals surface area contributed by atoms with Gasteiger partial charge in [-0.3, -0.25) is 4.79 Å². The highest BCUT2D eigenvalue weighted by Gasteiger charge is 2.16. The fourth-order valence-corrected chi connectivity index (χ4v) is 1.80. The molecule has 0 radical (unpaired) electrons. The number of hydrogen-bond donors (Lipinski definition) is 3. The summed E-state index contributed by atoms with van der Waals surface area (Å²) in [6.45, 7) is 0. The van der Waals surface area contributed by atoms with Crippen LogP contribution in [0.4, 0.5) is 5.69 Å². The Balaban J connectivity index is 2.22. The number of carboxylic acids is 1. The second-order valence-electron chi connectivity index (χ2n) is 4.39. The van der Waals surface area contributed by atoms with E-state index in [1.165, 1.54) is 6.26 Å². The van der Waals surface area contributed by atoms with E-state index in [1.807, 2.05) is 12.1 Å². The number of aliphatic carboxylic acids is 1. The molecule has 0 amide bonds. The van der Waals surface area contributed by atoms with Gasteiger partial charge in [0.25, 0.3) is 0 Å². The first-order chi connectivity index (χ1) is 9.97. The van der Waals surface area contributed by atoms with Crippen molar-refractivity contribution in [2.45, 2.75) is 6.42 Å². The van der Waals surface area contributed by atoms with E-state index < -0.39 is 17.5 Å². The maximum atomic E-state index is 11.9. The minimum atomic E-state index is -1.57. The number of furan rings is 1. The third-order valence-corrected chi connectivity index (χ3v) is 2.83. The van der Waals surface area contributed by atoms with E-state index >= 15 is 0 Å². The summed E-state index contributed by atoms with van der Waals surface area (Å²) in [5.74, 6) is -3.31. The van der Waals surface area contributed by atoms with Crippen molar-refractivity contribution in [1.29, 1.82) is 0 Å². The van der Waals surface area contributed by atoms with E-state index in [4.69, 9.17) is 20.4 Å². The summed E-state index contributed by atoms with van der Waals surface area (Å²) < 4.78 is 5.08. The Morgan fingerprint density at radius 2 is 1.81 bits per heavy atom. The molecule has 0 atom stereocenters. The normalized spacial score (nSPS) is 11.3. The van der Waals surface area contributed by atoms with Crippen molar-refractivity contribution in [3.05, 3.63) is 65.3 Å². The SMILES string of the molecule is Nc1ccc(Cc2ccoc2C(=O)C=C(O)C(=O)O)cc1. The number of rotatable bonds is 5. The first kappa shape index (κ1) is 14.4. The Morgan fingerprint density at radius 1 is 1.14 bits per heavy atom. The lowest BCUT2D eigenvalue weighted by Gasteiger charge is -2.02. The molecule has 1 heterocycles. The zero-order valence-electron chi connectivity index (χ0n) is 10.9. The van der Waals surface area contributed by atoms with E-state index in [2.05, 4.69) is 0 Å². The van der Waals surface area contributed by atoms with Crippen LogP contribution in [0.3, 0.4) is 0 Å². The highest BCUT2D eigenvalue weighted by molar-refractivity contribution is 6.06. The van der Waals surface area contributed by atoms with Crippen LogP contribution in [-0.4, -0.2) is 22.0 Å². The second kappa shape index (κ2) is 5.96. The zero-order valence-corrected chi connectivity index (χ0v) is 10.9. The molecule has 0 bridgehead atoms. The molecule has 2 rings (SSSR count). The molecule has 4 N–H and O–H groups in total. The standard InChI is InChI=1S/C15H13NO5/c16-11-3-1-9(2-4-11)7-10-5-6-21-14(10)12(17)8-13(18)15(19)20/h1-6,8,18H,7,16H2,(H,19,20). The summed E-state index contributed by atoms with van der Waals surface area (Å²) in [6.07, 6.45) is 2.39. The molecule has 0 unspecified atom stereocenters. The van der Waals surface area contributed by atoms with E-state index in [0.717, 1.165) is 5.56 Å². The van der Waals surface area contributed by atoms with Crippen LogP contribution in [0.1, 0.15) is 21.7 Å². The van der Waals surface area contributed by atoms with Crippen LogP contribution < -0.4 is 5.73 Å². The first-order valence-electron chi connectivity index (χ1n) is 6.06. The lowest BCUT2D eigenvalue weighted by atomic mass is 10.0. The largest absolute Gasteiger partial charge is 0.502 e. The van der Waals surface area contributed by atoms with Gasteiger partial charge in [0.15, 0.2) is 5.76 Å².